The fourth-order valence-electron chi connectivity index (χ4n) is 3.24. The molecule has 5 nitrogen and oxygen atoms in total. The number of nitrogens with one attached hydrogen (secondary N) is 2. The van der Waals surface area contributed by atoms with Crippen LogP contribution < -0.4 is 10.6 Å². The predicted molar refractivity (Wildman–Crippen MR) is 120 cm³/mol. The van der Waals surface area contributed by atoms with Crippen LogP contribution in [-0.4, -0.2) is 64.3 Å². The van der Waals surface area contributed by atoms with E-state index in [2.05, 4.69) is 24.5 Å². The summed E-state index contributed by atoms with van der Waals surface area (Å²) < 4.78 is 10.9. The van der Waals surface area contributed by atoms with E-state index in [1.54, 1.807) is 0 Å². The minimum Gasteiger partial charge on any atom is -0.392 e. The number of rotatable bonds is 23. The first kappa shape index (κ1) is 27.8. The van der Waals surface area contributed by atoms with E-state index in [0.717, 1.165) is 26.1 Å². The number of aliphatic hydroxyl groups is 1. The van der Waals surface area contributed by atoms with E-state index in [4.69, 9.17) is 9.47 Å². The first-order valence-corrected chi connectivity index (χ1v) is 11.9. The molecule has 170 valence electrons. The van der Waals surface area contributed by atoms with Crippen molar-refractivity contribution >= 4 is 0 Å². The summed E-state index contributed by atoms with van der Waals surface area (Å²) in [5.74, 6) is 0.364. The van der Waals surface area contributed by atoms with Gasteiger partial charge in [0.1, 0.15) is 0 Å². The van der Waals surface area contributed by atoms with E-state index in [1.165, 1.54) is 64.2 Å². The molecular weight excluding hydrogens is 352 g/mol. The van der Waals surface area contributed by atoms with Crippen molar-refractivity contribution in [3.63, 3.8) is 0 Å². The van der Waals surface area contributed by atoms with Gasteiger partial charge in [-0.05, 0) is 19.4 Å². The van der Waals surface area contributed by atoms with E-state index >= 15 is 0 Å². The van der Waals surface area contributed by atoms with Gasteiger partial charge in [0.05, 0.1) is 32.5 Å². The van der Waals surface area contributed by atoms with Crippen molar-refractivity contribution in [1.29, 1.82) is 0 Å². The number of ether oxygens (including phenoxy) is 2. The van der Waals surface area contributed by atoms with E-state index in [0.29, 0.717) is 32.3 Å². The fourth-order valence-corrected chi connectivity index (χ4v) is 3.24. The van der Waals surface area contributed by atoms with E-state index in [9.17, 15) is 5.11 Å². The Morgan fingerprint density at radius 1 is 0.750 bits per heavy atom. The van der Waals surface area contributed by atoms with Gasteiger partial charge in [-0.25, -0.2) is 0 Å². The Labute approximate surface area is 175 Å². The van der Waals surface area contributed by atoms with Gasteiger partial charge >= 0.3 is 0 Å². The van der Waals surface area contributed by atoms with Crippen LogP contribution >= 0.6 is 0 Å². The SMILES string of the molecule is CCCCCCCCCCCCC(C)C(O)CNCCOCCOCCNC. The lowest BCUT2D eigenvalue weighted by Crippen LogP contribution is -2.33. The van der Waals surface area contributed by atoms with Crippen molar-refractivity contribution in [3.05, 3.63) is 0 Å². The van der Waals surface area contributed by atoms with Gasteiger partial charge < -0.3 is 25.2 Å². The molecule has 0 spiro atoms. The van der Waals surface area contributed by atoms with E-state index < -0.39 is 0 Å². The number of unbranched alkanes of at least 4 members (excludes halogenated alkanes) is 9. The summed E-state index contributed by atoms with van der Waals surface area (Å²) in [4.78, 5) is 0. The molecule has 28 heavy (non-hydrogen) atoms. The van der Waals surface area contributed by atoms with Crippen LogP contribution in [0.25, 0.3) is 0 Å². The Bertz CT molecular complexity index is 265. The average Bonchev–Trinajstić information content (AvgIpc) is 2.70. The van der Waals surface area contributed by atoms with Crippen LogP contribution in [-0.2, 0) is 9.47 Å². The van der Waals surface area contributed by atoms with Crippen LogP contribution in [0.3, 0.4) is 0 Å². The number of aliphatic hydroxyl groups excluding tert-OH is 1. The maximum atomic E-state index is 10.3. The molecule has 0 aromatic rings. The van der Waals surface area contributed by atoms with Crippen molar-refractivity contribution in [3.8, 4) is 0 Å². The topological polar surface area (TPSA) is 62.8 Å². The van der Waals surface area contributed by atoms with Crippen molar-refractivity contribution in [2.45, 2.75) is 90.6 Å². The zero-order valence-electron chi connectivity index (χ0n) is 19.1. The summed E-state index contributed by atoms with van der Waals surface area (Å²) in [7, 11) is 1.91. The molecule has 0 bridgehead atoms. The summed E-state index contributed by atoms with van der Waals surface area (Å²) in [5.41, 5.74) is 0. The number of hydrogen-bond donors (Lipinski definition) is 3. The minimum atomic E-state index is -0.261. The molecule has 0 heterocycles. The summed E-state index contributed by atoms with van der Waals surface area (Å²) >= 11 is 0. The van der Waals surface area contributed by atoms with Gasteiger partial charge in [-0.1, -0.05) is 78.1 Å². The normalized spacial score (nSPS) is 13.7. The molecule has 0 fully saturated rings. The molecule has 0 aromatic carbocycles. The maximum absolute atomic E-state index is 10.3. The Morgan fingerprint density at radius 2 is 1.29 bits per heavy atom. The van der Waals surface area contributed by atoms with E-state index in [1.807, 2.05) is 7.05 Å². The molecule has 0 amide bonds. The molecule has 0 aromatic heterocycles. The third-order valence-electron chi connectivity index (χ3n) is 5.31. The Balaban J connectivity index is 3.30. The zero-order valence-corrected chi connectivity index (χ0v) is 19.1. The summed E-state index contributed by atoms with van der Waals surface area (Å²) in [6, 6.07) is 0. The molecular formula is C23H50N2O3. The van der Waals surface area contributed by atoms with Crippen LogP contribution in [0.4, 0.5) is 0 Å². The highest BCUT2D eigenvalue weighted by Gasteiger charge is 2.13. The van der Waals surface area contributed by atoms with Crippen LogP contribution in [0.15, 0.2) is 0 Å². The Hall–Kier alpha value is -0.200. The second-order valence-corrected chi connectivity index (χ2v) is 8.05. The predicted octanol–water partition coefficient (Wildman–Crippen LogP) is 4.14. The number of hydrogen-bond acceptors (Lipinski definition) is 5. The van der Waals surface area contributed by atoms with Gasteiger partial charge in [-0.15, -0.1) is 0 Å². The van der Waals surface area contributed by atoms with Crippen molar-refractivity contribution < 1.29 is 14.6 Å². The molecule has 3 N–H and O–H groups in total. The van der Waals surface area contributed by atoms with Gasteiger partial charge in [0.25, 0.3) is 0 Å². The first-order chi connectivity index (χ1) is 13.7. The Kier molecular flexibility index (Phi) is 22.9. The fraction of sp³-hybridized carbons (Fsp3) is 1.00. The van der Waals surface area contributed by atoms with Gasteiger partial charge in [0.15, 0.2) is 0 Å². The number of likely N-dealkylation sites (N-methyl/N-ethyl adjacent to an activating group) is 1. The zero-order chi connectivity index (χ0) is 20.7. The lowest BCUT2D eigenvalue weighted by molar-refractivity contribution is 0.0482. The molecule has 5 heteroatoms. The standard InChI is InChI=1S/C23H50N2O3/c1-4-5-6-7-8-9-10-11-12-13-14-22(2)23(26)21-25-16-18-28-20-19-27-17-15-24-3/h22-26H,4-21H2,1-3H3. The summed E-state index contributed by atoms with van der Waals surface area (Å²) in [5, 5.41) is 16.6. The van der Waals surface area contributed by atoms with Crippen LogP contribution in [0.1, 0.15) is 84.5 Å². The molecule has 0 radical (unpaired) electrons. The van der Waals surface area contributed by atoms with Crippen molar-refractivity contribution in [2.75, 3.05) is 53.1 Å². The molecule has 0 aliphatic carbocycles. The molecule has 0 aliphatic heterocycles. The molecule has 2 unspecified atom stereocenters. The van der Waals surface area contributed by atoms with Gasteiger partial charge in [-0.3, -0.25) is 0 Å². The largest absolute Gasteiger partial charge is 0.392 e. The monoisotopic (exact) mass is 402 g/mol. The smallest absolute Gasteiger partial charge is 0.0701 e. The van der Waals surface area contributed by atoms with E-state index in [-0.39, 0.29) is 6.10 Å². The summed E-state index contributed by atoms with van der Waals surface area (Å²) in [6.07, 6.45) is 14.5. The van der Waals surface area contributed by atoms with Crippen molar-refractivity contribution in [2.24, 2.45) is 5.92 Å². The van der Waals surface area contributed by atoms with Crippen LogP contribution in [0.5, 0.6) is 0 Å². The first-order valence-electron chi connectivity index (χ1n) is 11.9. The molecule has 0 aliphatic rings. The second kappa shape index (κ2) is 23.1. The molecule has 0 saturated carbocycles. The second-order valence-electron chi connectivity index (χ2n) is 8.05. The van der Waals surface area contributed by atoms with Gasteiger partial charge in [-0.2, -0.15) is 0 Å². The highest BCUT2D eigenvalue weighted by atomic mass is 16.5. The highest BCUT2D eigenvalue weighted by molar-refractivity contribution is 4.67. The van der Waals surface area contributed by atoms with Crippen LogP contribution in [0, 0.1) is 5.92 Å². The molecule has 0 saturated heterocycles. The molecule has 0 rings (SSSR count). The van der Waals surface area contributed by atoms with Crippen molar-refractivity contribution in [1.82, 2.24) is 10.6 Å². The Morgan fingerprint density at radius 3 is 1.86 bits per heavy atom. The lowest BCUT2D eigenvalue weighted by Gasteiger charge is -2.19. The lowest BCUT2D eigenvalue weighted by atomic mass is 9.96. The average molecular weight is 403 g/mol. The highest BCUT2D eigenvalue weighted by Crippen LogP contribution is 2.15. The minimum absolute atomic E-state index is 0.261. The van der Waals surface area contributed by atoms with Gasteiger partial charge in [0, 0.05) is 19.6 Å². The quantitative estimate of drug-likeness (QED) is 0.224. The molecule has 2 atom stereocenters. The maximum Gasteiger partial charge on any atom is 0.0701 e. The van der Waals surface area contributed by atoms with Crippen LogP contribution in [0.2, 0.25) is 0 Å². The third-order valence-corrected chi connectivity index (χ3v) is 5.31. The third kappa shape index (κ3) is 20.5. The summed E-state index contributed by atoms with van der Waals surface area (Å²) in [6.45, 7) is 9.39. The van der Waals surface area contributed by atoms with Gasteiger partial charge in [0.2, 0.25) is 0 Å².